The summed E-state index contributed by atoms with van der Waals surface area (Å²) in [6.45, 7) is 4.06. The third kappa shape index (κ3) is 1.69. The van der Waals surface area contributed by atoms with Crippen LogP contribution in [0.2, 0.25) is 0 Å². The molecule has 0 spiro atoms. The zero-order valence-electron chi connectivity index (χ0n) is 8.13. The van der Waals surface area contributed by atoms with E-state index in [4.69, 9.17) is 0 Å². The molecule has 0 atom stereocenters. The van der Waals surface area contributed by atoms with Crippen LogP contribution in [0.15, 0.2) is 23.1 Å². The molecule has 0 saturated carbocycles. The lowest BCUT2D eigenvalue weighted by atomic mass is 9.99. The van der Waals surface area contributed by atoms with Crippen molar-refractivity contribution in [1.29, 1.82) is 0 Å². The molecule has 14 heavy (non-hydrogen) atoms. The molecule has 74 valence electrons. The third-order valence-electron chi connectivity index (χ3n) is 2.21. The van der Waals surface area contributed by atoms with Crippen LogP contribution >= 0.6 is 11.8 Å². The van der Waals surface area contributed by atoms with Gasteiger partial charge in [-0.25, -0.2) is 4.39 Å². The number of benzene rings is 1. The number of ketones is 1. The van der Waals surface area contributed by atoms with Crippen molar-refractivity contribution in [2.45, 2.75) is 29.9 Å². The number of hydrogen-bond donors (Lipinski definition) is 0. The van der Waals surface area contributed by atoms with Gasteiger partial charge in [0.25, 0.3) is 0 Å². The van der Waals surface area contributed by atoms with Crippen molar-refractivity contribution in [3.8, 4) is 0 Å². The fourth-order valence-electron chi connectivity index (χ4n) is 1.62. The molecule has 0 aromatic heterocycles. The third-order valence-corrected chi connectivity index (χ3v) is 3.49. The average molecular weight is 210 g/mol. The zero-order chi connectivity index (χ0) is 10.3. The molecular formula is C11H11FOS. The van der Waals surface area contributed by atoms with E-state index in [2.05, 4.69) is 0 Å². The van der Waals surface area contributed by atoms with Gasteiger partial charge in [0.1, 0.15) is 5.82 Å². The van der Waals surface area contributed by atoms with Gasteiger partial charge < -0.3 is 0 Å². The van der Waals surface area contributed by atoms with Crippen molar-refractivity contribution in [3.05, 3.63) is 29.6 Å². The number of Topliss-reactive ketones (excluding diaryl/α,β-unsaturated/α-hetero) is 1. The number of halogens is 1. The smallest absolute Gasteiger partial charge is 0.165 e. The van der Waals surface area contributed by atoms with Crippen molar-refractivity contribution in [2.24, 2.45) is 0 Å². The molecule has 1 aromatic rings. The summed E-state index contributed by atoms with van der Waals surface area (Å²) in [5, 5.41) is 0. The van der Waals surface area contributed by atoms with Gasteiger partial charge >= 0.3 is 0 Å². The summed E-state index contributed by atoms with van der Waals surface area (Å²) in [7, 11) is 0. The van der Waals surface area contributed by atoms with Gasteiger partial charge in [-0.1, -0.05) is 0 Å². The van der Waals surface area contributed by atoms with Crippen LogP contribution < -0.4 is 0 Å². The summed E-state index contributed by atoms with van der Waals surface area (Å²) in [5.41, 5.74) is 0.536. The van der Waals surface area contributed by atoms with Gasteiger partial charge in [-0.3, -0.25) is 4.79 Å². The monoisotopic (exact) mass is 210 g/mol. The normalized spacial score (nSPS) is 19.2. The maximum atomic E-state index is 12.9. The zero-order valence-corrected chi connectivity index (χ0v) is 8.95. The Morgan fingerprint density at radius 2 is 2.14 bits per heavy atom. The predicted octanol–water partition coefficient (Wildman–Crippen LogP) is 3.28. The minimum absolute atomic E-state index is 0.0447. The van der Waals surface area contributed by atoms with E-state index in [1.807, 2.05) is 13.8 Å². The molecule has 1 nitrogen and oxygen atoms in total. The second kappa shape index (κ2) is 3.09. The van der Waals surface area contributed by atoms with Crippen LogP contribution in [0.3, 0.4) is 0 Å². The quantitative estimate of drug-likeness (QED) is 0.653. The molecule has 0 amide bonds. The Balaban J connectivity index is 2.50. The molecular weight excluding hydrogens is 199 g/mol. The van der Waals surface area contributed by atoms with Gasteiger partial charge in [-0.05, 0) is 32.0 Å². The summed E-state index contributed by atoms with van der Waals surface area (Å²) in [4.78, 5) is 12.6. The Morgan fingerprint density at radius 1 is 1.43 bits per heavy atom. The maximum Gasteiger partial charge on any atom is 0.165 e. The SMILES string of the molecule is CC1(C)CC(=O)c2cc(F)ccc2S1. The first-order chi connectivity index (χ1) is 6.48. The lowest BCUT2D eigenvalue weighted by Crippen LogP contribution is -2.25. The Labute approximate surface area is 86.7 Å². The van der Waals surface area contributed by atoms with E-state index in [9.17, 15) is 9.18 Å². The second-order valence-corrected chi connectivity index (χ2v) is 5.85. The van der Waals surface area contributed by atoms with Crippen LogP contribution in [0.5, 0.6) is 0 Å². The van der Waals surface area contributed by atoms with Crippen molar-refractivity contribution in [3.63, 3.8) is 0 Å². The molecule has 0 aliphatic carbocycles. The highest BCUT2D eigenvalue weighted by Crippen LogP contribution is 2.42. The summed E-state index contributed by atoms with van der Waals surface area (Å²) >= 11 is 1.64. The van der Waals surface area contributed by atoms with E-state index in [1.165, 1.54) is 12.1 Å². The number of hydrogen-bond acceptors (Lipinski definition) is 2. The van der Waals surface area contributed by atoms with Crippen LogP contribution in [0.25, 0.3) is 0 Å². The molecule has 2 rings (SSSR count). The number of rotatable bonds is 0. The van der Waals surface area contributed by atoms with E-state index >= 15 is 0 Å². The van der Waals surface area contributed by atoms with Crippen molar-refractivity contribution < 1.29 is 9.18 Å². The van der Waals surface area contributed by atoms with Gasteiger partial charge in [0.05, 0.1) is 0 Å². The standard InChI is InChI=1S/C11H11FOS/c1-11(2)6-9(13)8-5-7(12)3-4-10(8)14-11/h3-5H,6H2,1-2H3. The molecule has 3 heteroatoms. The number of carbonyl (C=O) groups is 1. The highest BCUT2D eigenvalue weighted by molar-refractivity contribution is 8.00. The largest absolute Gasteiger partial charge is 0.294 e. The Kier molecular flexibility index (Phi) is 2.14. The lowest BCUT2D eigenvalue weighted by Gasteiger charge is -2.29. The summed E-state index contributed by atoms with van der Waals surface area (Å²) in [5.74, 6) is -0.291. The van der Waals surface area contributed by atoms with Crippen LogP contribution in [0, 0.1) is 5.82 Å². The van der Waals surface area contributed by atoms with E-state index in [0.29, 0.717) is 12.0 Å². The topological polar surface area (TPSA) is 17.1 Å². The van der Waals surface area contributed by atoms with Gasteiger partial charge in [0.2, 0.25) is 0 Å². The van der Waals surface area contributed by atoms with Crippen molar-refractivity contribution in [1.82, 2.24) is 0 Å². The molecule has 0 bridgehead atoms. The molecule has 1 aliphatic heterocycles. The molecule has 0 radical (unpaired) electrons. The van der Waals surface area contributed by atoms with Crippen LogP contribution in [-0.2, 0) is 0 Å². The lowest BCUT2D eigenvalue weighted by molar-refractivity contribution is 0.0967. The van der Waals surface area contributed by atoms with E-state index in [-0.39, 0.29) is 16.3 Å². The van der Waals surface area contributed by atoms with E-state index in [0.717, 1.165) is 4.90 Å². The molecule has 0 saturated heterocycles. The van der Waals surface area contributed by atoms with Crippen LogP contribution in [0.1, 0.15) is 30.6 Å². The molecule has 0 fully saturated rings. The van der Waals surface area contributed by atoms with Crippen LogP contribution in [-0.4, -0.2) is 10.5 Å². The second-order valence-electron chi connectivity index (χ2n) is 4.10. The first kappa shape index (κ1) is 9.71. The first-order valence-corrected chi connectivity index (χ1v) is 5.31. The Morgan fingerprint density at radius 3 is 2.86 bits per heavy atom. The fraction of sp³-hybridized carbons (Fsp3) is 0.364. The molecule has 1 aromatic carbocycles. The summed E-state index contributed by atoms with van der Waals surface area (Å²) < 4.78 is 12.8. The number of thioether (sulfide) groups is 1. The van der Waals surface area contributed by atoms with Gasteiger partial charge in [0.15, 0.2) is 5.78 Å². The predicted molar refractivity (Wildman–Crippen MR) is 55.3 cm³/mol. The van der Waals surface area contributed by atoms with Gasteiger partial charge in [-0.2, -0.15) is 0 Å². The molecule has 1 heterocycles. The first-order valence-electron chi connectivity index (χ1n) is 4.50. The van der Waals surface area contributed by atoms with Gasteiger partial charge in [-0.15, -0.1) is 11.8 Å². The Bertz CT molecular complexity index is 398. The highest BCUT2D eigenvalue weighted by atomic mass is 32.2. The number of fused-ring (bicyclic) bond motifs is 1. The van der Waals surface area contributed by atoms with Gasteiger partial charge in [0, 0.05) is 21.6 Å². The van der Waals surface area contributed by atoms with E-state index in [1.54, 1.807) is 17.8 Å². The van der Waals surface area contributed by atoms with Crippen molar-refractivity contribution >= 4 is 17.5 Å². The molecule has 0 unspecified atom stereocenters. The number of carbonyl (C=O) groups excluding carboxylic acids is 1. The molecule has 1 aliphatic rings. The summed E-state index contributed by atoms with van der Waals surface area (Å²) in [6.07, 6.45) is 0.480. The fourth-order valence-corrected chi connectivity index (χ4v) is 2.84. The van der Waals surface area contributed by atoms with E-state index < -0.39 is 0 Å². The minimum atomic E-state index is -0.336. The maximum absolute atomic E-state index is 12.9. The Hall–Kier alpha value is -0.830. The molecule has 0 N–H and O–H groups in total. The highest BCUT2D eigenvalue weighted by Gasteiger charge is 2.31. The van der Waals surface area contributed by atoms with Crippen LogP contribution in [0.4, 0.5) is 4.39 Å². The summed E-state index contributed by atoms with van der Waals surface area (Å²) in [6, 6.07) is 4.43. The average Bonchev–Trinajstić information content (AvgIpc) is 2.05. The van der Waals surface area contributed by atoms with Crippen molar-refractivity contribution in [2.75, 3.05) is 0 Å². The minimum Gasteiger partial charge on any atom is -0.294 e.